The van der Waals surface area contributed by atoms with E-state index >= 15 is 0 Å². The summed E-state index contributed by atoms with van der Waals surface area (Å²) in [6.45, 7) is 4.29. The van der Waals surface area contributed by atoms with E-state index in [1.807, 2.05) is 13.0 Å². The number of anilines is 1. The van der Waals surface area contributed by atoms with Gasteiger partial charge in [0.1, 0.15) is 0 Å². The molecule has 0 saturated carbocycles. The van der Waals surface area contributed by atoms with Crippen LogP contribution in [0.4, 0.5) is 5.69 Å². The molecule has 0 aliphatic rings. The fourth-order valence-electron chi connectivity index (χ4n) is 1.61. The molecule has 1 rings (SSSR count). The Morgan fingerprint density at radius 2 is 2.06 bits per heavy atom. The van der Waals surface area contributed by atoms with E-state index in [0.29, 0.717) is 6.61 Å². The van der Waals surface area contributed by atoms with E-state index in [1.54, 1.807) is 0 Å². The summed E-state index contributed by atoms with van der Waals surface area (Å²) in [7, 11) is 0. The lowest BCUT2D eigenvalue weighted by Crippen LogP contribution is -2.18. The minimum absolute atomic E-state index is 0.291. The number of hydrogen-bond donors (Lipinski definition) is 3. The number of aryl methyl sites for hydroxylation is 1. The molecule has 0 saturated heterocycles. The van der Waals surface area contributed by atoms with Crippen molar-refractivity contribution in [3.05, 3.63) is 29.3 Å². The summed E-state index contributed by atoms with van der Waals surface area (Å²) >= 11 is 0. The van der Waals surface area contributed by atoms with Gasteiger partial charge in [0.05, 0.1) is 0 Å². The third-order valence-corrected chi connectivity index (χ3v) is 2.69. The zero-order valence-electron chi connectivity index (χ0n) is 10.00. The third kappa shape index (κ3) is 4.64. The summed E-state index contributed by atoms with van der Waals surface area (Å²) in [5, 5.41) is 12.0. The SMILES string of the molecule is Cc1cc(CCNCCCCO)ccc1N. The number of benzene rings is 1. The molecule has 4 N–H and O–H groups in total. The Bertz CT molecular complexity index is 313. The van der Waals surface area contributed by atoms with E-state index in [4.69, 9.17) is 10.8 Å². The normalized spacial score (nSPS) is 10.6. The van der Waals surface area contributed by atoms with E-state index in [2.05, 4.69) is 17.4 Å². The Kier molecular flexibility index (Phi) is 5.90. The number of nitrogen functional groups attached to an aromatic ring is 1. The molecule has 0 bridgehead atoms. The number of nitrogens with one attached hydrogen (secondary N) is 1. The first kappa shape index (κ1) is 13.0. The lowest BCUT2D eigenvalue weighted by molar-refractivity contribution is 0.284. The first-order chi connectivity index (χ1) is 7.74. The van der Waals surface area contributed by atoms with Gasteiger partial charge in [-0.25, -0.2) is 0 Å². The topological polar surface area (TPSA) is 58.3 Å². The number of unbranched alkanes of at least 4 members (excludes halogenated alkanes) is 1. The second-order valence-electron chi connectivity index (χ2n) is 4.12. The second kappa shape index (κ2) is 7.25. The van der Waals surface area contributed by atoms with Gasteiger partial charge in [0.15, 0.2) is 0 Å². The minimum Gasteiger partial charge on any atom is -0.399 e. The van der Waals surface area contributed by atoms with Crippen molar-refractivity contribution >= 4 is 5.69 Å². The monoisotopic (exact) mass is 222 g/mol. The maximum absolute atomic E-state index is 8.62. The van der Waals surface area contributed by atoms with Crippen LogP contribution in [0.1, 0.15) is 24.0 Å². The molecule has 0 atom stereocenters. The van der Waals surface area contributed by atoms with E-state index in [0.717, 1.165) is 43.6 Å². The second-order valence-corrected chi connectivity index (χ2v) is 4.12. The zero-order valence-corrected chi connectivity index (χ0v) is 10.00. The van der Waals surface area contributed by atoms with Crippen LogP contribution < -0.4 is 11.1 Å². The number of nitrogens with two attached hydrogens (primary N) is 1. The minimum atomic E-state index is 0.291. The van der Waals surface area contributed by atoms with Gasteiger partial charge in [-0.1, -0.05) is 12.1 Å². The van der Waals surface area contributed by atoms with Crippen molar-refractivity contribution in [1.82, 2.24) is 5.32 Å². The molecule has 0 fully saturated rings. The summed E-state index contributed by atoms with van der Waals surface area (Å²) in [5.74, 6) is 0. The lowest BCUT2D eigenvalue weighted by atomic mass is 10.1. The third-order valence-electron chi connectivity index (χ3n) is 2.69. The molecular weight excluding hydrogens is 200 g/mol. The van der Waals surface area contributed by atoms with E-state index in [1.165, 1.54) is 5.56 Å². The number of rotatable bonds is 7. The highest BCUT2D eigenvalue weighted by atomic mass is 16.2. The van der Waals surface area contributed by atoms with E-state index in [-0.39, 0.29) is 0 Å². The highest BCUT2D eigenvalue weighted by molar-refractivity contribution is 5.47. The van der Waals surface area contributed by atoms with Crippen LogP contribution in [-0.4, -0.2) is 24.8 Å². The Labute approximate surface area is 97.7 Å². The van der Waals surface area contributed by atoms with Crippen LogP contribution in [0, 0.1) is 6.92 Å². The van der Waals surface area contributed by atoms with Gasteiger partial charge in [0.25, 0.3) is 0 Å². The van der Waals surface area contributed by atoms with Crippen LogP contribution in [0.2, 0.25) is 0 Å². The summed E-state index contributed by atoms with van der Waals surface area (Å²) in [6, 6.07) is 6.19. The zero-order chi connectivity index (χ0) is 11.8. The number of aliphatic hydroxyl groups excluding tert-OH is 1. The Hall–Kier alpha value is -1.06. The molecule has 90 valence electrons. The maximum Gasteiger partial charge on any atom is 0.0431 e. The van der Waals surface area contributed by atoms with Crippen molar-refractivity contribution in [2.75, 3.05) is 25.4 Å². The molecule has 1 aromatic rings. The molecule has 16 heavy (non-hydrogen) atoms. The van der Waals surface area contributed by atoms with Crippen LogP contribution in [0.5, 0.6) is 0 Å². The maximum atomic E-state index is 8.62. The largest absolute Gasteiger partial charge is 0.399 e. The van der Waals surface area contributed by atoms with Gasteiger partial charge in [0, 0.05) is 12.3 Å². The predicted molar refractivity (Wildman–Crippen MR) is 68.5 cm³/mol. The van der Waals surface area contributed by atoms with Gasteiger partial charge in [-0.3, -0.25) is 0 Å². The van der Waals surface area contributed by atoms with Crippen molar-refractivity contribution in [3.8, 4) is 0 Å². The molecule has 0 aliphatic heterocycles. The van der Waals surface area contributed by atoms with Crippen LogP contribution in [0.15, 0.2) is 18.2 Å². The van der Waals surface area contributed by atoms with Crippen LogP contribution >= 0.6 is 0 Å². The molecule has 0 spiro atoms. The first-order valence-corrected chi connectivity index (χ1v) is 5.90. The standard InChI is InChI=1S/C13H22N2O/c1-11-10-12(4-5-13(11)14)6-8-15-7-2-3-9-16/h4-5,10,15-16H,2-3,6-9,14H2,1H3. The molecule has 1 aromatic carbocycles. The summed E-state index contributed by atoms with van der Waals surface area (Å²) < 4.78 is 0. The quantitative estimate of drug-likeness (QED) is 0.484. The predicted octanol–water partition coefficient (Wildman–Crippen LogP) is 1.48. The van der Waals surface area contributed by atoms with Crippen molar-refractivity contribution < 1.29 is 5.11 Å². The van der Waals surface area contributed by atoms with Gasteiger partial charge in [-0.2, -0.15) is 0 Å². The summed E-state index contributed by atoms with van der Waals surface area (Å²) in [4.78, 5) is 0. The van der Waals surface area contributed by atoms with E-state index in [9.17, 15) is 0 Å². The number of aliphatic hydroxyl groups is 1. The molecule has 3 nitrogen and oxygen atoms in total. The molecule has 0 heterocycles. The van der Waals surface area contributed by atoms with Gasteiger partial charge < -0.3 is 16.2 Å². The molecule has 0 amide bonds. The smallest absolute Gasteiger partial charge is 0.0431 e. The molecule has 0 aliphatic carbocycles. The average Bonchev–Trinajstić information content (AvgIpc) is 2.28. The summed E-state index contributed by atoms with van der Waals surface area (Å²) in [6.07, 6.45) is 2.95. The van der Waals surface area contributed by atoms with Crippen molar-refractivity contribution in [1.29, 1.82) is 0 Å². The molecule has 0 unspecified atom stereocenters. The van der Waals surface area contributed by atoms with Crippen molar-refractivity contribution in [2.24, 2.45) is 0 Å². The fraction of sp³-hybridized carbons (Fsp3) is 0.538. The number of hydrogen-bond acceptors (Lipinski definition) is 3. The Morgan fingerprint density at radius 1 is 1.25 bits per heavy atom. The Morgan fingerprint density at radius 3 is 2.75 bits per heavy atom. The Balaban J connectivity index is 2.19. The molecular formula is C13H22N2O. The van der Waals surface area contributed by atoms with Crippen molar-refractivity contribution in [3.63, 3.8) is 0 Å². The van der Waals surface area contributed by atoms with E-state index < -0.39 is 0 Å². The van der Waals surface area contributed by atoms with Gasteiger partial charge >= 0.3 is 0 Å². The van der Waals surface area contributed by atoms with Crippen LogP contribution in [-0.2, 0) is 6.42 Å². The fourth-order valence-corrected chi connectivity index (χ4v) is 1.61. The average molecular weight is 222 g/mol. The summed E-state index contributed by atoms with van der Waals surface area (Å²) in [5.41, 5.74) is 9.09. The molecule has 0 radical (unpaired) electrons. The molecule has 3 heteroatoms. The van der Waals surface area contributed by atoms with Crippen LogP contribution in [0.25, 0.3) is 0 Å². The van der Waals surface area contributed by atoms with Gasteiger partial charge in [0.2, 0.25) is 0 Å². The van der Waals surface area contributed by atoms with Gasteiger partial charge in [-0.05, 0) is 56.5 Å². The lowest BCUT2D eigenvalue weighted by Gasteiger charge is -2.06. The highest BCUT2D eigenvalue weighted by Gasteiger charge is 1.96. The van der Waals surface area contributed by atoms with Gasteiger partial charge in [-0.15, -0.1) is 0 Å². The first-order valence-electron chi connectivity index (χ1n) is 5.90. The van der Waals surface area contributed by atoms with Crippen molar-refractivity contribution in [2.45, 2.75) is 26.2 Å². The highest BCUT2D eigenvalue weighted by Crippen LogP contribution is 2.12. The van der Waals surface area contributed by atoms with Crippen LogP contribution in [0.3, 0.4) is 0 Å². The molecule has 0 aromatic heterocycles.